The zero-order valence-corrected chi connectivity index (χ0v) is 21.9. The van der Waals surface area contributed by atoms with Gasteiger partial charge >= 0.3 is 6.03 Å². The highest BCUT2D eigenvalue weighted by atomic mass is 35.5. The monoisotopic (exact) mass is 550 g/mol. The Morgan fingerprint density at radius 1 is 1.00 bits per heavy atom. The number of carbonyl (C=O) groups is 2. The van der Waals surface area contributed by atoms with Crippen LogP contribution in [0.2, 0.25) is 5.02 Å². The highest BCUT2D eigenvalue weighted by molar-refractivity contribution is 7.82. The van der Waals surface area contributed by atoms with Crippen LogP contribution in [0.4, 0.5) is 27.5 Å². The number of urea groups is 1. The number of rotatable bonds is 8. The Bertz CT molecular complexity index is 1290. The van der Waals surface area contributed by atoms with E-state index in [-0.39, 0.29) is 10.6 Å². The van der Waals surface area contributed by atoms with Crippen LogP contribution in [0.15, 0.2) is 60.7 Å². The van der Waals surface area contributed by atoms with Gasteiger partial charge in [0.2, 0.25) is 0 Å². The molecule has 3 aromatic rings. The predicted octanol–water partition coefficient (Wildman–Crippen LogP) is 5.07. The SMILES string of the molecule is COc1cc(OC)c(NC(=O)N(S)c2ccc(NC(=O)c3ccccc3N(C)S(=O)O)cc2)cc1Cl. The summed E-state index contributed by atoms with van der Waals surface area (Å²) in [4.78, 5) is 25.5. The van der Waals surface area contributed by atoms with Crippen molar-refractivity contribution < 1.29 is 27.8 Å². The minimum atomic E-state index is -2.29. The van der Waals surface area contributed by atoms with Crippen LogP contribution in [0.25, 0.3) is 0 Å². The molecule has 3 aromatic carbocycles. The van der Waals surface area contributed by atoms with Gasteiger partial charge in [0, 0.05) is 18.8 Å². The van der Waals surface area contributed by atoms with E-state index in [1.54, 1.807) is 54.6 Å². The molecule has 3 amide bonds. The van der Waals surface area contributed by atoms with Crippen molar-refractivity contribution in [1.29, 1.82) is 0 Å². The second kappa shape index (κ2) is 12.0. The Balaban J connectivity index is 1.72. The van der Waals surface area contributed by atoms with Crippen molar-refractivity contribution in [2.24, 2.45) is 0 Å². The van der Waals surface area contributed by atoms with E-state index < -0.39 is 23.2 Å². The van der Waals surface area contributed by atoms with Crippen LogP contribution in [-0.2, 0) is 11.3 Å². The highest BCUT2D eigenvalue weighted by Gasteiger charge is 2.19. The minimum Gasteiger partial charge on any atom is -0.495 e. The van der Waals surface area contributed by atoms with Gasteiger partial charge in [0.25, 0.3) is 17.2 Å². The van der Waals surface area contributed by atoms with Crippen molar-refractivity contribution in [2.75, 3.05) is 40.5 Å². The summed E-state index contributed by atoms with van der Waals surface area (Å²) in [6, 6.07) is 15.2. The fourth-order valence-electron chi connectivity index (χ4n) is 3.15. The number of ether oxygens (including phenoxy) is 2. The summed E-state index contributed by atoms with van der Waals surface area (Å²) in [5.41, 5.74) is 1.69. The summed E-state index contributed by atoms with van der Waals surface area (Å²) in [5, 5.41) is 5.69. The molecule has 0 saturated carbocycles. The number of hydrogen-bond acceptors (Lipinski definition) is 6. The van der Waals surface area contributed by atoms with E-state index in [4.69, 9.17) is 21.1 Å². The summed E-state index contributed by atoms with van der Waals surface area (Å²) in [5.74, 6) is 0.269. The molecule has 3 N–H and O–H groups in total. The first-order valence-corrected chi connectivity index (χ1v) is 12.1. The highest BCUT2D eigenvalue weighted by Crippen LogP contribution is 2.36. The zero-order chi connectivity index (χ0) is 26.4. The summed E-state index contributed by atoms with van der Waals surface area (Å²) < 4.78 is 33.4. The van der Waals surface area contributed by atoms with E-state index in [1.807, 2.05) is 0 Å². The number of hydrogen-bond donors (Lipinski definition) is 4. The molecule has 0 heterocycles. The van der Waals surface area contributed by atoms with Gasteiger partial charge in [-0.05, 0) is 42.5 Å². The predicted molar refractivity (Wildman–Crippen MR) is 145 cm³/mol. The van der Waals surface area contributed by atoms with Gasteiger partial charge in [-0.25, -0.2) is 13.3 Å². The van der Waals surface area contributed by atoms with Crippen LogP contribution in [-0.4, -0.2) is 42.0 Å². The van der Waals surface area contributed by atoms with Crippen LogP contribution in [0.5, 0.6) is 11.5 Å². The van der Waals surface area contributed by atoms with E-state index >= 15 is 0 Å². The van der Waals surface area contributed by atoms with Gasteiger partial charge < -0.3 is 20.1 Å². The molecule has 0 aromatic heterocycles. The molecule has 36 heavy (non-hydrogen) atoms. The molecule has 0 radical (unpaired) electrons. The summed E-state index contributed by atoms with van der Waals surface area (Å²) in [6.45, 7) is 0. The molecule has 0 spiro atoms. The molecule has 0 saturated heterocycles. The Labute approximate surface area is 221 Å². The lowest BCUT2D eigenvalue weighted by Crippen LogP contribution is -2.27. The molecule has 1 unspecified atom stereocenters. The maximum atomic E-state index is 12.8. The Hall–Kier alpha value is -3.45. The Morgan fingerprint density at radius 2 is 1.64 bits per heavy atom. The van der Waals surface area contributed by atoms with Gasteiger partial charge in [-0.1, -0.05) is 36.5 Å². The fraction of sp³-hybridized carbons (Fsp3) is 0.130. The standard InChI is InChI=1S/C23H23ClN4O6S2/c1-27(36(31)32)19-7-5-4-6-16(19)22(29)25-14-8-10-15(11-9-14)28(35)23(30)26-18-12-17(24)20(33-2)13-21(18)34-3/h4-13,35H,1-3H3,(H,25,29)(H,26,30)(H,31,32). The molecule has 0 bridgehead atoms. The maximum Gasteiger partial charge on any atom is 0.336 e. The van der Waals surface area contributed by atoms with Gasteiger partial charge in [-0.3, -0.25) is 13.7 Å². The Kier molecular flexibility index (Phi) is 9.04. The molecule has 10 nitrogen and oxygen atoms in total. The fourth-order valence-corrected chi connectivity index (χ4v) is 3.90. The van der Waals surface area contributed by atoms with Crippen molar-refractivity contribution >= 4 is 70.4 Å². The smallest absolute Gasteiger partial charge is 0.336 e. The van der Waals surface area contributed by atoms with Gasteiger partial charge in [0.05, 0.1) is 41.9 Å². The topological polar surface area (TPSA) is 120 Å². The summed E-state index contributed by atoms with van der Waals surface area (Å²) in [7, 11) is 4.32. The van der Waals surface area contributed by atoms with E-state index in [0.717, 1.165) is 8.61 Å². The van der Waals surface area contributed by atoms with Crippen LogP contribution in [0.3, 0.4) is 0 Å². The number of nitrogens with zero attached hydrogens (tertiary/aromatic N) is 2. The molecular weight excluding hydrogens is 528 g/mol. The van der Waals surface area contributed by atoms with E-state index in [0.29, 0.717) is 34.2 Å². The third kappa shape index (κ3) is 6.21. The molecule has 1 atom stereocenters. The van der Waals surface area contributed by atoms with Crippen LogP contribution < -0.4 is 28.7 Å². The minimum absolute atomic E-state index is 0.216. The molecule has 0 fully saturated rings. The van der Waals surface area contributed by atoms with Gasteiger partial charge in [0.15, 0.2) is 0 Å². The first-order chi connectivity index (χ1) is 17.2. The lowest BCUT2D eigenvalue weighted by Gasteiger charge is -2.19. The number of methoxy groups -OCH3 is 2. The van der Waals surface area contributed by atoms with Crippen LogP contribution in [0.1, 0.15) is 10.4 Å². The third-order valence-corrected chi connectivity index (χ3v) is 6.37. The summed E-state index contributed by atoms with van der Waals surface area (Å²) in [6.07, 6.45) is 0. The van der Waals surface area contributed by atoms with Crippen LogP contribution in [0, 0.1) is 0 Å². The van der Waals surface area contributed by atoms with Crippen molar-refractivity contribution in [3.05, 3.63) is 71.2 Å². The zero-order valence-electron chi connectivity index (χ0n) is 19.4. The quantitative estimate of drug-likeness (QED) is 0.230. The van der Waals surface area contributed by atoms with Gasteiger partial charge in [-0.2, -0.15) is 0 Å². The number of para-hydroxylation sites is 1. The van der Waals surface area contributed by atoms with Gasteiger partial charge in [0.1, 0.15) is 11.5 Å². The first-order valence-electron chi connectivity index (χ1n) is 10.2. The molecule has 0 aliphatic rings. The van der Waals surface area contributed by atoms with E-state index in [1.165, 1.54) is 27.3 Å². The van der Waals surface area contributed by atoms with E-state index in [9.17, 15) is 18.4 Å². The number of benzene rings is 3. The molecular formula is C23H23ClN4O6S2. The first kappa shape index (κ1) is 27.1. The van der Waals surface area contributed by atoms with Crippen molar-refractivity contribution in [2.45, 2.75) is 0 Å². The second-order valence-corrected chi connectivity index (χ2v) is 8.99. The number of carbonyl (C=O) groups excluding carboxylic acids is 2. The van der Waals surface area contributed by atoms with Crippen molar-refractivity contribution in [3.63, 3.8) is 0 Å². The number of anilines is 4. The normalized spacial score (nSPS) is 11.3. The average Bonchev–Trinajstić information content (AvgIpc) is 2.88. The molecule has 0 aliphatic heterocycles. The number of thiol groups is 1. The van der Waals surface area contributed by atoms with Gasteiger partial charge in [-0.15, -0.1) is 0 Å². The largest absolute Gasteiger partial charge is 0.495 e. The molecule has 0 aliphatic carbocycles. The lowest BCUT2D eigenvalue weighted by atomic mass is 10.1. The number of amides is 3. The maximum absolute atomic E-state index is 12.8. The Morgan fingerprint density at radius 3 is 2.25 bits per heavy atom. The van der Waals surface area contributed by atoms with Crippen LogP contribution >= 0.6 is 24.4 Å². The van der Waals surface area contributed by atoms with Crippen molar-refractivity contribution in [3.8, 4) is 11.5 Å². The lowest BCUT2D eigenvalue weighted by molar-refractivity contribution is 0.102. The molecule has 3 rings (SSSR count). The number of nitrogens with one attached hydrogen (secondary N) is 2. The van der Waals surface area contributed by atoms with Crippen molar-refractivity contribution in [1.82, 2.24) is 0 Å². The molecule has 13 heteroatoms. The summed E-state index contributed by atoms with van der Waals surface area (Å²) >= 11 is 8.13. The average molecular weight is 551 g/mol. The number of halogens is 1. The molecule has 190 valence electrons. The second-order valence-electron chi connectivity index (χ2n) is 7.18. The van der Waals surface area contributed by atoms with E-state index in [2.05, 4.69) is 23.4 Å². The third-order valence-electron chi connectivity index (χ3n) is 5.00.